The Morgan fingerprint density at radius 3 is 2.44 bits per heavy atom. The number of aryl methyl sites for hydroxylation is 2. The summed E-state index contributed by atoms with van der Waals surface area (Å²) in [5.41, 5.74) is 2.81. The molecule has 0 aliphatic heterocycles. The number of ether oxygens (including phenoxy) is 1. The molecule has 1 heterocycles. The molecule has 2 aromatic carbocycles. The van der Waals surface area contributed by atoms with Crippen LogP contribution in [-0.4, -0.2) is 11.1 Å². The molecule has 1 N–H and O–H groups in total. The molecule has 0 saturated carbocycles. The SMILES string of the molecule is CCc1ccc(OCc2c(C(=O)NCc3ccc(F)cc3)noc2C)cc1. The van der Waals surface area contributed by atoms with E-state index in [9.17, 15) is 9.18 Å². The third-order valence-electron chi connectivity index (χ3n) is 4.28. The number of carbonyl (C=O) groups is 1. The van der Waals surface area contributed by atoms with Gasteiger partial charge in [0.05, 0.1) is 5.56 Å². The standard InChI is InChI=1S/C21H21FN2O3/c1-3-15-6-10-18(11-7-15)26-13-19-14(2)27-24-20(19)21(25)23-12-16-4-8-17(22)9-5-16/h4-11H,3,12-13H2,1-2H3,(H,23,25). The van der Waals surface area contributed by atoms with Crippen molar-refractivity contribution in [2.45, 2.75) is 33.4 Å². The van der Waals surface area contributed by atoms with Crippen LogP contribution < -0.4 is 10.1 Å². The number of rotatable bonds is 7. The maximum Gasteiger partial charge on any atom is 0.274 e. The van der Waals surface area contributed by atoms with Crippen LogP contribution in [-0.2, 0) is 19.6 Å². The average Bonchev–Trinajstić information content (AvgIpc) is 3.06. The van der Waals surface area contributed by atoms with Gasteiger partial charge < -0.3 is 14.6 Å². The molecule has 3 aromatic rings. The minimum Gasteiger partial charge on any atom is -0.489 e. The van der Waals surface area contributed by atoms with E-state index in [-0.39, 0.29) is 30.6 Å². The lowest BCUT2D eigenvalue weighted by Gasteiger charge is -2.08. The van der Waals surface area contributed by atoms with Gasteiger partial charge in [0.1, 0.15) is 23.9 Å². The summed E-state index contributed by atoms with van der Waals surface area (Å²) in [5, 5.41) is 6.62. The number of hydrogen-bond donors (Lipinski definition) is 1. The van der Waals surface area contributed by atoms with E-state index >= 15 is 0 Å². The topological polar surface area (TPSA) is 64.4 Å². The number of amides is 1. The number of hydrogen-bond acceptors (Lipinski definition) is 4. The summed E-state index contributed by atoms with van der Waals surface area (Å²) >= 11 is 0. The van der Waals surface area contributed by atoms with Gasteiger partial charge >= 0.3 is 0 Å². The monoisotopic (exact) mass is 368 g/mol. The van der Waals surface area contributed by atoms with Crippen LogP contribution in [0.3, 0.4) is 0 Å². The second kappa shape index (κ2) is 8.49. The molecule has 0 atom stereocenters. The van der Waals surface area contributed by atoms with Crippen molar-refractivity contribution in [1.82, 2.24) is 10.5 Å². The molecule has 3 rings (SSSR count). The van der Waals surface area contributed by atoms with Gasteiger partial charge in [0.15, 0.2) is 5.69 Å². The van der Waals surface area contributed by atoms with E-state index in [1.807, 2.05) is 24.3 Å². The first-order valence-corrected chi connectivity index (χ1v) is 8.76. The Kier molecular flexibility index (Phi) is 5.86. The third-order valence-corrected chi connectivity index (χ3v) is 4.28. The molecule has 140 valence electrons. The molecule has 0 fully saturated rings. The number of aromatic nitrogens is 1. The first-order valence-electron chi connectivity index (χ1n) is 8.76. The van der Waals surface area contributed by atoms with Crippen molar-refractivity contribution in [2.24, 2.45) is 0 Å². The normalized spacial score (nSPS) is 10.6. The second-order valence-corrected chi connectivity index (χ2v) is 6.16. The van der Waals surface area contributed by atoms with Gasteiger partial charge in [-0.25, -0.2) is 4.39 Å². The minimum atomic E-state index is -0.365. The highest BCUT2D eigenvalue weighted by atomic mass is 19.1. The van der Waals surface area contributed by atoms with Crippen LogP contribution in [0.4, 0.5) is 4.39 Å². The fourth-order valence-electron chi connectivity index (χ4n) is 2.58. The lowest BCUT2D eigenvalue weighted by Crippen LogP contribution is -2.24. The van der Waals surface area contributed by atoms with Crippen LogP contribution in [0.5, 0.6) is 5.75 Å². The number of carbonyl (C=O) groups excluding carboxylic acids is 1. The number of benzene rings is 2. The molecule has 1 amide bonds. The highest BCUT2D eigenvalue weighted by Crippen LogP contribution is 2.19. The summed E-state index contributed by atoms with van der Waals surface area (Å²) in [7, 11) is 0. The third kappa shape index (κ3) is 4.73. The zero-order valence-corrected chi connectivity index (χ0v) is 15.3. The van der Waals surface area contributed by atoms with E-state index in [4.69, 9.17) is 9.26 Å². The number of nitrogens with zero attached hydrogens (tertiary/aromatic N) is 1. The van der Waals surface area contributed by atoms with Crippen molar-refractivity contribution >= 4 is 5.91 Å². The molecular formula is C21H21FN2O3. The Morgan fingerprint density at radius 2 is 1.78 bits per heavy atom. The van der Waals surface area contributed by atoms with Crippen LogP contribution in [0.1, 0.15) is 39.9 Å². The van der Waals surface area contributed by atoms with Crippen LogP contribution in [0.2, 0.25) is 0 Å². The Balaban J connectivity index is 1.64. The van der Waals surface area contributed by atoms with Crippen LogP contribution in [0.15, 0.2) is 53.1 Å². The van der Waals surface area contributed by atoms with Crippen LogP contribution in [0, 0.1) is 12.7 Å². The van der Waals surface area contributed by atoms with E-state index in [1.54, 1.807) is 19.1 Å². The molecule has 0 saturated heterocycles. The molecule has 0 radical (unpaired) electrons. The molecule has 0 unspecified atom stereocenters. The zero-order valence-electron chi connectivity index (χ0n) is 15.3. The maximum atomic E-state index is 12.9. The predicted molar refractivity (Wildman–Crippen MR) is 99.0 cm³/mol. The van der Waals surface area contributed by atoms with Gasteiger partial charge in [0.2, 0.25) is 0 Å². The average molecular weight is 368 g/mol. The lowest BCUT2D eigenvalue weighted by atomic mass is 10.1. The molecular weight excluding hydrogens is 347 g/mol. The minimum absolute atomic E-state index is 0.181. The van der Waals surface area contributed by atoms with Crippen molar-refractivity contribution in [3.8, 4) is 5.75 Å². The summed E-state index contributed by atoms with van der Waals surface area (Å²) in [4.78, 5) is 12.5. The van der Waals surface area contributed by atoms with Gasteiger partial charge in [-0.15, -0.1) is 0 Å². The number of nitrogens with one attached hydrogen (secondary N) is 1. The van der Waals surface area contributed by atoms with E-state index in [0.717, 1.165) is 12.0 Å². The smallest absolute Gasteiger partial charge is 0.274 e. The Morgan fingerprint density at radius 1 is 1.11 bits per heavy atom. The second-order valence-electron chi connectivity index (χ2n) is 6.16. The first kappa shape index (κ1) is 18.6. The van der Waals surface area contributed by atoms with Crippen molar-refractivity contribution in [2.75, 3.05) is 0 Å². The maximum absolute atomic E-state index is 12.9. The summed E-state index contributed by atoms with van der Waals surface area (Å²) in [6, 6.07) is 13.8. The highest BCUT2D eigenvalue weighted by Gasteiger charge is 2.20. The quantitative estimate of drug-likeness (QED) is 0.679. The molecule has 0 spiro atoms. The Bertz CT molecular complexity index is 902. The molecule has 6 heteroatoms. The van der Waals surface area contributed by atoms with Gasteiger partial charge in [-0.2, -0.15) is 0 Å². The van der Waals surface area contributed by atoms with Gasteiger partial charge in [0.25, 0.3) is 5.91 Å². The van der Waals surface area contributed by atoms with E-state index in [2.05, 4.69) is 17.4 Å². The fraction of sp³-hybridized carbons (Fsp3) is 0.238. The van der Waals surface area contributed by atoms with Crippen molar-refractivity contribution in [3.05, 3.63) is 82.5 Å². The molecule has 1 aromatic heterocycles. The van der Waals surface area contributed by atoms with Gasteiger partial charge in [-0.3, -0.25) is 4.79 Å². The Labute approximate surface area is 157 Å². The molecule has 0 aliphatic rings. The molecule has 0 bridgehead atoms. The van der Waals surface area contributed by atoms with Gasteiger partial charge in [-0.05, 0) is 48.7 Å². The lowest BCUT2D eigenvalue weighted by molar-refractivity contribution is 0.0939. The van der Waals surface area contributed by atoms with E-state index < -0.39 is 0 Å². The van der Waals surface area contributed by atoms with Crippen molar-refractivity contribution < 1.29 is 18.4 Å². The van der Waals surface area contributed by atoms with Crippen molar-refractivity contribution in [1.29, 1.82) is 0 Å². The van der Waals surface area contributed by atoms with Crippen LogP contribution in [0.25, 0.3) is 0 Å². The van der Waals surface area contributed by atoms with Crippen molar-refractivity contribution in [3.63, 3.8) is 0 Å². The molecule has 27 heavy (non-hydrogen) atoms. The molecule has 0 aliphatic carbocycles. The largest absolute Gasteiger partial charge is 0.489 e. The van der Waals surface area contributed by atoms with Gasteiger partial charge in [0, 0.05) is 6.54 Å². The number of halogens is 1. The van der Waals surface area contributed by atoms with E-state index in [0.29, 0.717) is 17.1 Å². The first-order chi connectivity index (χ1) is 13.1. The predicted octanol–water partition coefficient (Wildman–Crippen LogP) is 4.19. The summed E-state index contributed by atoms with van der Waals surface area (Å²) < 4.78 is 23.9. The van der Waals surface area contributed by atoms with E-state index in [1.165, 1.54) is 17.7 Å². The summed E-state index contributed by atoms with van der Waals surface area (Å²) in [5.74, 6) is 0.567. The van der Waals surface area contributed by atoms with Crippen LogP contribution >= 0.6 is 0 Å². The van der Waals surface area contributed by atoms with Gasteiger partial charge in [-0.1, -0.05) is 36.3 Å². The summed E-state index contributed by atoms with van der Waals surface area (Å²) in [6.07, 6.45) is 0.962. The zero-order chi connectivity index (χ0) is 19.2. The molecule has 5 nitrogen and oxygen atoms in total. The highest BCUT2D eigenvalue weighted by molar-refractivity contribution is 5.93. The summed E-state index contributed by atoms with van der Waals surface area (Å²) in [6.45, 7) is 4.28. The fourth-order valence-corrected chi connectivity index (χ4v) is 2.58. The Hall–Kier alpha value is -3.15.